The highest BCUT2D eigenvalue weighted by Crippen LogP contribution is 1.93. The minimum absolute atomic E-state index is 0.120. The number of rotatable bonds is 1. The van der Waals surface area contributed by atoms with Gasteiger partial charge in [0.15, 0.2) is 4.45 Å². The Bertz CT molecular complexity index is 113. The van der Waals surface area contributed by atoms with Gasteiger partial charge in [-0.25, -0.2) is 4.21 Å². The van der Waals surface area contributed by atoms with Crippen LogP contribution in [0.15, 0.2) is 0 Å². The second-order valence-corrected chi connectivity index (χ2v) is 2.96. The Labute approximate surface area is 60.0 Å². The maximum absolute atomic E-state index is 10.0. The van der Waals surface area contributed by atoms with E-state index in [4.69, 9.17) is 16.2 Å². The highest BCUT2D eigenvalue weighted by atomic mass is 35.5. The fraction of sp³-hybridized carbons (Fsp3) is 0.500. The Morgan fingerprint density at radius 1 is 2.00 bits per heavy atom. The van der Waals surface area contributed by atoms with Gasteiger partial charge >= 0.3 is 0 Å². The van der Waals surface area contributed by atoms with E-state index in [0.29, 0.717) is 0 Å². The van der Waals surface area contributed by atoms with Crippen LogP contribution in [0.1, 0.15) is 0 Å². The summed E-state index contributed by atoms with van der Waals surface area (Å²) in [5.74, 6) is 0. The maximum Gasteiger partial charge on any atom is 0.262 e. The molecule has 0 aliphatic carbocycles. The summed E-state index contributed by atoms with van der Waals surface area (Å²) in [6.45, 7) is 0. The largest absolute Gasteiger partial charge is 0.289 e. The van der Waals surface area contributed by atoms with Gasteiger partial charge in [0.2, 0.25) is 0 Å². The molecule has 0 heterocycles. The first-order valence-corrected chi connectivity index (χ1v) is 3.45. The molecule has 0 fully saturated rings. The number of hydrogen-bond donors (Lipinski definition) is 1. The lowest BCUT2D eigenvalue weighted by atomic mass is 11.2. The van der Waals surface area contributed by atoms with Crippen LogP contribution in [0.3, 0.4) is 0 Å². The van der Waals surface area contributed by atoms with Crippen LogP contribution in [-0.2, 0) is 11.3 Å². The number of thiocarbonyl (C=S) groups is 1. The van der Waals surface area contributed by atoms with Gasteiger partial charge in [-0.05, 0) is 12.2 Å². The standard InChI is InChI=1S/C2H4ClNO2S2/c1-4(2(3)7)8(5)6/h1H3,(H,5,6). The molecule has 0 aromatic heterocycles. The van der Waals surface area contributed by atoms with Crippen molar-refractivity contribution in [3.8, 4) is 0 Å². The van der Waals surface area contributed by atoms with Crippen molar-refractivity contribution in [2.75, 3.05) is 7.05 Å². The molecule has 0 aromatic rings. The Balaban J connectivity index is 3.83. The molecule has 0 aliphatic rings. The van der Waals surface area contributed by atoms with E-state index in [2.05, 4.69) is 12.2 Å². The smallest absolute Gasteiger partial charge is 0.262 e. The number of nitrogens with zero attached hydrogens (tertiary/aromatic N) is 1. The molecule has 0 rings (SSSR count). The van der Waals surface area contributed by atoms with E-state index in [9.17, 15) is 4.21 Å². The van der Waals surface area contributed by atoms with Crippen LogP contribution in [0.25, 0.3) is 0 Å². The Hall–Kier alpha value is 0.290. The van der Waals surface area contributed by atoms with E-state index >= 15 is 0 Å². The lowest BCUT2D eigenvalue weighted by Crippen LogP contribution is -2.22. The van der Waals surface area contributed by atoms with Gasteiger partial charge in [-0.3, -0.25) is 8.86 Å². The van der Waals surface area contributed by atoms with Crippen LogP contribution in [0.2, 0.25) is 0 Å². The zero-order valence-electron chi connectivity index (χ0n) is 4.00. The lowest BCUT2D eigenvalue weighted by molar-refractivity contribution is 0.523. The molecule has 6 heteroatoms. The number of halogens is 1. The summed E-state index contributed by atoms with van der Waals surface area (Å²) in [4.78, 5) is 0. The van der Waals surface area contributed by atoms with Gasteiger partial charge in [-0.2, -0.15) is 0 Å². The molecule has 1 N–H and O–H groups in total. The Morgan fingerprint density at radius 3 is 2.38 bits per heavy atom. The van der Waals surface area contributed by atoms with E-state index in [1.807, 2.05) is 0 Å². The van der Waals surface area contributed by atoms with Gasteiger partial charge in [0.25, 0.3) is 11.3 Å². The molecule has 3 nitrogen and oxygen atoms in total. The van der Waals surface area contributed by atoms with Crippen LogP contribution in [0.5, 0.6) is 0 Å². The van der Waals surface area contributed by atoms with E-state index in [1.165, 1.54) is 7.05 Å². The van der Waals surface area contributed by atoms with Crippen LogP contribution in [0.4, 0.5) is 0 Å². The van der Waals surface area contributed by atoms with Crippen molar-refractivity contribution in [1.29, 1.82) is 0 Å². The third kappa shape index (κ3) is 2.56. The zero-order chi connectivity index (χ0) is 6.73. The van der Waals surface area contributed by atoms with Gasteiger partial charge < -0.3 is 0 Å². The minimum Gasteiger partial charge on any atom is -0.289 e. The van der Waals surface area contributed by atoms with E-state index in [1.54, 1.807) is 0 Å². The summed E-state index contributed by atoms with van der Waals surface area (Å²) >= 11 is 7.38. The fourth-order valence-corrected chi connectivity index (χ4v) is 0.553. The van der Waals surface area contributed by atoms with Crippen LogP contribution >= 0.6 is 23.8 Å². The fourth-order valence-electron chi connectivity index (χ4n) is 0.0614. The predicted molar refractivity (Wildman–Crippen MR) is 37.0 cm³/mol. The highest BCUT2D eigenvalue weighted by Gasteiger charge is 2.03. The molecular formula is C2H4ClNO2S2. The summed E-state index contributed by atoms with van der Waals surface area (Å²) in [5, 5.41) is 0. The molecule has 0 saturated carbocycles. The van der Waals surface area contributed by atoms with Crippen molar-refractivity contribution in [1.82, 2.24) is 4.31 Å². The second-order valence-electron chi connectivity index (χ2n) is 0.981. The molecule has 8 heavy (non-hydrogen) atoms. The molecule has 1 atom stereocenters. The predicted octanol–water partition coefficient (Wildman–Crippen LogP) is 0.579. The van der Waals surface area contributed by atoms with Crippen LogP contribution in [-0.4, -0.2) is 24.6 Å². The third-order valence-corrected chi connectivity index (χ3v) is 1.88. The lowest BCUT2D eigenvalue weighted by Gasteiger charge is -2.06. The zero-order valence-corrected chi connectivity index (χ0v) is 6.39. The van der Waals surface area contributed by atoms with Gasteiger partial charge in [0, 0.05) is 7.05 Å². The van der Waals surface area contributed by atoms with Crippen LogP contribution in [0, 0.1) is 0 Å². The molecule has 0 aliphatic heterocycles. The summed E-state index contributed by atoms with van der Waals surface area (Å²) < 4.78 is 19.0. The van der Waals surface area contributed by atoms with E-state index in [-0.39, 0.29) is 4.45 Å². The van der Waals surface area contributed by atoms with Gasteiger partial charge in [0.1, 0.15) is 0 Å². The minimum atomic E-state index is -2.08. The van der Waals surface area contributed by atoms with Gasteiger partial charge in [-0.1, -0.05) is 11.6 Å². The third-order valence-electron chi connectivity index (χ3n) is 0.482. The summed E-state index contributed by atoms with van der Waals surface area (Å²) in [6.07, 6.45) is 0. The Morgan fingerprint density at radius 2 is 2.38 bits per heavy atom. The molecule has 0 saturated heterocycles. The summed E-state index contributed by atoms with van der Waals surface area (Å²) in [7, 11) is 1.32. The van der Waals surface area contributed by atoms with Gasteiger partial charge in [0.05, 0.1) is 0 Å². The van der Waals surface area contributed by atoms with E-state index < -0.39 is 11.3 Å². The molecule has 48 valence electrons. The average molecular weight is 174 g/mol. The molecule has 0 bridgehead atoms. The van der Waals surface area contributed by atoms with Crippen molar-refractivity contribution < 1.29 is 8.76 Å². The molecule has 0 aromatic carbocycles. The van der Waals surface area contributed by atoms with Crippen molar-refractivity contribution in [3.05, 3.63) is 0 Å². The summed E-state index contributed by atoms with van der Waals surface area (Å²) in [6, 6.07) is 0. The monoisotopic (exact) mass is 173 g/mol. The van der Waals surface area contributed by atoms with E-state index in [0.717, 1.165) is 4.31 Å². The molecule has 0 radical (unpaired) electrons. The average Bonchev–Trinajstić information content (AvgIpc) is 1.64. The number of hydrogen-bond acceptors (Lipinski definition) is 2. The molecule has 0 amide bonds. The van der Waals surface area contributed by atoms with Crippen LogP contribution < -0.4 is 0 Å². The Kier molecular flexibility index (Phi) is 3.46. The van der Waals surface area contributed by atoms with Crippen molar-refractivity contribution >= 4 is 39.5 Å². The van der Waals surface area contributed by atoms with Crippen molar-refractivity contribution in [3.63, 3.8) is 0 Å². The SMILES string of the molecule is CN(C(=S)Cl)S(=O)O. The topological polar surface area (TPSA) is 40.5 Å². The first-order chi connectivity index (χ1) is 3.55. The first-order valence-electron chi connectivity index (χ1n) is 1.60. The maximum atomic E-state index is 10.0. The van der Waals surface area contributed by atoms with Gasteiger partial charge in [-0.15, -0.1) is 0 Å². The second kappa shape index (κ2) is 3.34. The molecule has 0 spiro atoms. The van der Waals surface area contributed by atoms with Crippen molar-refractivity contribution in [2.24, 2.45) is 0 Å². The quantitative estimate of drug-likeness (QED) is 0.273. The molecule has 1 unspecified atom stereocenters. The first kappa shape index (κ1) is 8.29. The molecular weight excluding hydrogens is 170 g/mol. The highest BCUT2D eigenvalue weighted by molar-refractivity contribution is 7.86. The normalized spacial score (nSPS) is 12.9. The van der Waals surface area contributed by atoms with Crippen molar-refractivity contribution in [2.45, 2.75) is 0 Å². The summed E-state index contributed by atoms with van der Waals surface area (Å²) in [5.41, 5.74) is 0.